The average molecular weight is 605 g/mol. The molecule has 7 aliphatic carbocycles. The fourth-order valence-corrected chi connectivity index (χ4v) is 14.2. The van der Waals surface area contributed by atoms with E-state index in [4.69, 9.17) is 0 Å². The topological polar surface area (TPSA) is 74.6 Å². The van der Waals surface area contributed by atoms with Crippen molar-refractivity contribution in [1.29, 1.82) is 0 Å². The zero-order valence-corrected chi connectivity index (χ0v) is 29.0. The zero-order chi connectivity index (χ0) is 31.7. The van der Waals surface area contributed by atoms with Crippen molar-refractivity contribution in [2.75, 3.05) is 0 Å². The molecular weight excluding hydrogens is 544 g/mol. The molecule has 12 atom stereocenters. The number of carboxylic acid groups (broad SMARTS) is 2. The highest BCUT2D eigenvalue weighted by atomic mass is 16.4. The van der Waals surface area contributed by atoms with Crippen LogP contribution in [0.25, 0.3) is 0 Å². The van der Waals surface area contributed by atoms with Gasteiger partial charge in [-0.2, -0.15) is 0 Å². The molecule has 244 valence electrons. The first-order valence-corrected chi connectivity index (χ1v) is 18.6. The maximum Gasteiger partial charge on any atom is 0.309 e. The van der Waals surface area contributed by atoms with E-state index in [-0.39, 0.29) is 22.7 Å². The molecular formula is C40H60O4. The third-order valence-corrected chi connectivity index (χ3v) is 16.3. The molecule has 0 aromatic rings. The van der Waals surface area contributed by atoms with Gasteiger partial charge in [-0.15, -0.1) is 0 Å². The molecule has 0 amide bonds. The lowest BCUT2D eigenvalue weighted by Gasteiger charge is -2.68. The Balaban J connectivity index is 1.50. The maximum atomic E-state index is 13.1. The van der Waals surface area contributed by atoms with E-state index in [1.54, 1.807) is 22.3 Å². The van der Waals surface area contributed by atoms with Crippen LogP contribution in [0.5, 0.6) is 0 Å². The molecule has 0 radical (unpaired) electrons. The number of rotatable bonds is 4. The number of aliphatic carboxylic acids is 2. The van der Waals surface area contributed by atoms with E-state index in [9.17, 15) is 19.8 Å². The van der Waals surface area contributed by atoms with Crippen molar-refractivity contribution in [3.05, 3.63) is 22.3 Å². The molecule has 0 aliphatic heterocycles. The normalized spacial score (nSPS) is 49.7. The molecule has 4 saturated carbocycles. The minimum atomic E-state index is -0.682. The highest BCUT2D eigenvalue weighted by Gasteiger charge is 2.67. The summed E-state index contributed by atoms with van der Waals surface area (Å²) in [5.41, 5.74) is 5.72. The Labute approximate surface area is 266 Å². The van der Waals surface area contributed by atoms with Gasteiger partial charge in [-0.25, -0.2) is 0 Å². The Morgan fingerprint density at radius 3 is 1.30 bits per heavy atom. The number of fused-ring (bicyclic) bond motifs is 6. The first-order valence-electron chi connectivity index (χ1n) is 18.6. The van der Waals surface area contributed by atoms with E-state index < -0.39 is 22.8 Å². The third kappa shape index (κ3) is 3.81. The van der Waals surface area contributed by atoms with Crippen LogP contribution in [0, 0.1) is 80.8 Å². The van der Waals surface area contributed by atoms with Crippen LogP contribution in [0.3, 0.4) is 0 Å². The quantitative estimate of drug-likeness (QED) is 0.335. The second-order valence-corrected chi connectivity index (χ2v) is 18.7. The summed E-state index contributed by atoms with van der Waals surface area (Å²) in [5, 5.41) is 21.6. The van der Waals surface area contributed by atoms with Gasteiger partial charge in [0.1, 0.15) is 0 Å². The molecule has 0 bridgehead atoms. The van der Waals surface area contributed by atoms with Crippen LogP contribution in [0.4, 0.5) is 0 Å². The Morgan fingerprint density at radius 1 is 0.614 bits per heavy atom. The van der Waals surface area contributed by atoms with Crippen LogP contribution < -0.4 is 0 Å². The van der Waals surface area contributed by atoms with Crippen LogP contribution in [-0.2, 0) is 9.59 Å². The zero-order valence-electron chi connectivity index (χ0n) is 29.0. The van der Waals surface area contributed by atoms with Crippen molar-refractivity contribution in [2.24, 2.45) is 80.8 Å². The minimum Gasteiger partial charge on any atom is -0.481 e. The third-order valence-electron chi connectivity index (χ3n) is 16.3. The number of carboxylic acids is 2. The number of hydrogen-bond acceptors (Lipinski definition) is 2. The minimum absolute atomic E-state index is 0.0213. The van der Waals surface area contributed by atoms with E-state index in [0.29, 0.717) is 47.3 Å². The van der Waals surface area contributed by atoms with Crippen molar-refractivity contribution in [3.63, 3.8) is 0 Å². The number of allylic oxidation sites excluding steroid dienone is 4. The van der Waals surface area contributed by atoms with Crippen LogP contribution in [-0.4, -0.2) is 22.2 Å². The van der Waals surface area contributed by atoms with Gasteiger partial charge in [0.15, 0.2) is 0 Å². The summed E-state index contributed by atoms with van der Waals surface area (Å²) in [6, 6.07) is 0. The Bertz CT molecular complexity index is 1220. The molecule has 7 aliphatic rings. The standard InChI is InChI=1S/C40H60O4/c1-21(2)23-11-13-27-31-25(19-29-37(27,5)15-9-17-39(29,7)35(41)42)26-20-30-38(6,16-10-18-40(30,8)36(43)44)28-14-12-24(22(3)4)34(32(26)28)33(23)31/h21-30H,9-20H2,1-8H3,(H,41,42)(H,43,44). The van der Waals surface area contributed by atoms with Crippen molar-refractivity contribution in [1.82, 2.24) is 0 Å². The van der Waals surface area contributed by atoms with Crippen molar-refractivity contribution < 1.29 is 19.8 Å². The van der Waals surface area contributed by atoms with Crippen LogP contribution >= 0.6 is 0 Å². The van der Waals surface area contributed by atoms with Gasteiger partial charge in [-0.3, -0.25) is 9.59 Å². The number of hydrogen-bond donors (Lipinski definition) is 2. The fourth-order valence-electron chi connectivity index (χ4n) is 14.2. The molecule has 0 aromatic heterocycles. The Morgan fingerprint density at radius 2 is 0.977 bits per heavy atom. The van der Waals surface area contributed by atoms with Crippen molar-refractivity contribution in [2.45, 2.75) is 132 Å². The van der Waals surface area contributed by atoms with Gasteiger partial charge in [-0.05, 0) is 159 Å². The lowest BCUT2D eigenvalue weighted by atomic mass is 9.36. The second kappa shape index (κ2) is 9.96. The highest BCUT2D eigenvalue weighted by Crippen LogP contribution is 2.74. The van der Waals surface area contributed by atoms with E-state index in [1.807, 2.05) is 0 Å². The smallest absolute Gasteiger partial charge is 0.309 e. The van der Waals surface area contributed by atoms with E-state index in [0.717, 1.165) is 51.4 Å². The molecule has 0 heterocycles. The van der Waals surface area contributed by atoms with Crippen LogP contribution in [0.15, 0.2) is 22.3 Å². The SMILES string of the molecule is CC(C)C1CCC2C3=C1C1=C4C(CC5C(C)(C(=O)O)CCCC5(C)C4CCC1C(C)C)C3CC1C(C)(C(=O)O)CCCC21C. The Kier molecular flexibility index (Phi) is 7.03. The van der Waals surface area contributed by atoms with Gasteiger partial charge in [-0.1, -0.05) is 65.5 Å². The maximum absolute atomic E-state index is 13.1. The van der Waals surface area contributed by atoms with Gasteiger partial charge >= 0.3 is 11.9 Å². The first kappa shape index (κ1) is 31.0. The van der Waals surface area contributed by atoms with Crippen molar-refractivity contribution in [3.8, 4) is 0 Å². The predicted molar refractivity (Wildman–Crippen MR) is 175 cm³/mol. The fraction of sp³-hybridized carbons (Fsp3) is 0.850. The second-order valence-electron chi connectivity index (χ2n) is 18.7. The summed E-state index contributed by atoms with van der Waals surface area (Å²) in [5.74, 6) is 3.20. The summed E-state index contributed by atoms with van der Waals surface area (Å²) >= 11 is 0. The molecule has 0 saturated heterocycles. The van der Waals surface area contributed by atoms with Gasteiger partial charge in [0.05, 0.1) is 10.8 Å². The molecule has 0 aromatic carbocycles. The summed E-state index contributed by atoms with van der Waals surface area (Å²) in [6.45, 7) is 18.9. The molecule has 4 nitrogen and oxygen atoms in total. The van der Waals surface area contributed by atoms with Crippen LogP contribution in [0.2, 0.25) is 0 Å². The summed E-state index contributed by atoms with van der Waals surface area (Å²) in [6.07, 6.45) is 12.7. The van der Waals surface area contributed by atoms with Crippen molar-refractivity contribution >= 4 is 11.9 Å². The molecule has 44 heavy (non-hydrogen) atoms. The van der Waals surface area contributed by atoms with Gasteiger partial charge in [0.25, 0.3) is 0 Å². The van der Waals surface area contributed by atoms with Gasteiger partial charge in [0, 0.05) is 0 Å². The molecule has 0 spiro atoms. The summed E-state index contributed by atoms with van der Waals surface area (Å²) in [4.78, 5) is 26.2. The summed E-state index contributed by atoms with van der Waals surface area (Å²) in [7, 11) is 0. The monoisotopic (exact) mass is 604 g/mol. The average Bonchev–Trinajstić information content (AvgIpc) is 2.95. The first-order chi connectivity index (χ1) is 20.6. The molecule has 12 unspecified atom stereocenters. The van der Waals surface area contributed by atoms with E-state index in [1.165, 1.54) is 25.7 Å². The molecule has 4 fully saturated rings. The molecule has 4 heteroatoms. The number of carbonyl (C=O) groups is 2. The van der Waals surface area contributed by atoms with Gasteiger partial charge < -0.3 is 10.2 Å². The predicted octanol–water partition coefficient (Wildman–Crippen LogP) is 9.79. The highest BCUT2D eigenvalue weighted by molar-refractivity contribution is 5.76. The molecule has 2 N–H and O–H groups in total. The van der Waals surface area contributed by atoms with E-state index in [2.05, 4.69) is 55.4 Å². The van der Waals surface area contributed by atoms with Crippen LogP contribution in [0.1, 0.15) is 132 Å². The lowest BCUT2D eigenvalue weighted by Crippen LogP contribution is -2.61. The largest absolute Gasteiger partial charge is 0.481 e. The Hall–Kier alpha value is -1.58. The lowest BCUT2D eigenvalue weighted by molar-refractivity contribution is -0.172. The molecule has 7 rings (SSSR count). The summed E-state index contributed by atoms with van der Waals surface area (Å²) < 4.78 is 0. The van der Waals surface area contributed by atoms with Gasteiger partial charge in [0.2, 0.25) is 0 Å². The van der Waals surface area contributed by atoms with E-state index >= 15 is 0 Å².